The number of nitrogens with one attached hydrogen (secondary N) is 1. The van der Waals surface area contributed by atoms with Gasteiger partial charge >= 0.3 is 0 Å². The summed E-state index contributed by atoms with van der Waals surface area (Å²) in [6.07, 6.45) is 1.86. The molecule has 6 nitrogen and oxygen atoms in total. The molecule has 3 rings (SSSR count). The summed E-state index contributed by atoms with van der Waals surface area (Å²) in [6.45, 7) is 1.65. The molecule has 0 aliphatic rings. The van der Waals surface area contributed by atoms with Crippen LogP contribution in [-0.2, 0) is 11.2 Å². The smallest absolute Gasteiger partial charge is 0.258 e. The first-order valence-corrected chi connectivity index (χ1v) is 8.71. The van der Waals surface area contributed by atoms with Gasteiger partial charge in [-0.25, -0.2) is 0 Å². The molecular weight excluding hydrogens is 344 g/mol. The molecule has 1 atom stereocenters. The van der Waals surface area contributed by atoms with Gasteiger partial charge in [-0.1, -0.05) is 18.2 Å². The molecule has 140 valence electrons. The fourth-order valence-electron chi connectivity index (χ4n) is 2.96. The minimum atomic E-state index is -0.310. The number of benzene rings is 2. The Labute approximate surface area is 157 Å². The summed E-state index contributed by atoms with van der Waals surface area (Å²) < 4.78 is 6.61. The Morgan fingerprint density at radius 2 is 1.89 bits per heavy atom. The van der Waals surface area contributed by atoms with Gasteiger partial charge in [0.1, 0.15) is 5.75 Å². The number of aliphatic hydroxyl groups is 1. The van der Waals surface area contributed by atoms with Crippen molar-refractivity contribution in [1.29, 1.82) is 0 Å². The average molecular weight is 366 g/mol. The monoisotopic (exact) mass is 366 g/mol. The number of anilines is 1. The summed E-state index contributed by atoms with van der Waals surface area (Å²) in [5.41, 5.74) is 1.26. The molecule has 1 unspecified atom stereocenters. The first kappa shape index (κ1) is 18.7. The van der Waals surface area contributed by atoms with E-state index in [0.717, 1.165) is 11.3 Å². The average Bonchev–Trinajstić information content (AvgIpc) is 2.69. The van der Waals surface area contributed by atoms with E-state index in [1.54, 1.807) is 44.5 Å². The van der Waals surface area contributed by atoms with E-state index >= 15 is 0 Å². The van der Waals surface area contributed by atoms with Gasteiger partial charge in [0.2, 0.25) is 5.91 Å². The molecule has 27 heavy (non-hydrogen) atoms. The van der Waals surface area contributed by atoms with Crippen LogP contribution >= 0.6 is 0 Å². The van der Waals surface area contributed by atoms with Crippen molar-refractivity contribution in [3.63, 3.8) is 0 Å². The van der Waals surface area contributed by atoms with Crippen molar-refractivity contribution < 1.29 is 14.6 Å². The van der Waals surface area contributed by atoms with E-state index in [1.807, 2.05) is 24.3 Å². The van der Waals surface area contributed by atoms with E-state index in [4.69, 9.17) is 4.74 Å². The molecule has 0 aliphatic carbocycles. The molecule has 2 aromatic carbocycles. The Balaban J connectivity index is 1.85. The Hall–Kier alpha value is -3.12. The number of hydrogen-bond acceptors (Lipinski definition) is 4. The van der Waals surface area contributed by atoms with Gasteiger partial charge in [0, 0.05) is 22.7 Å². The van der Waals surface area contributed by atoms with Crippen molar-refractivity contribution in [2.45, 2.75) is 19.4 Å². The van der Waals surface area contributed by atoms with Crippen molar-refractivity contribution in [3.8, 4) is 5.75 Å². The van der Waals surface area contributed by atoms with Gasteiger partial charge in [-0.05, 0) is 42.8 Å². The van der Waals surface area contributed by atoms with Crippen LogP contribution in [0.5, 0.6) is 5.75 Å². The molecule has 1 amide bonds. The standard InChI is InChI=1S/C21H22N2O4/c1-14(13-24)23-11-10-17-18(21(23)26)4-3-5-19(17)22-20(25)12-15-6-8-16(27-2)9-7-15/h3-11,14,24H,12-13H2,1-2H3,(H,22,25). The van der Waals surface area contributed by atoms with Gasteiger partial charge in [-0.3, -0.25) is 9.59 Å². The SMILES string of the molecule is COc1ccc(CC(=O)Nc2cccc3c(=O)n(C(C)CO)ccc23)cc1. The summed E-state index contributed by atoms with van der Waals surface area (Å²) >= 11 is 0. The lowest BCUT2D eigenvalue weighted by Gasteiger charge is -2.14. The van der Waals surface area contributed by atoms with Crippen molar-refractivity contribution in [2.24, 2.45) is 0 Å². The molecule has 1 aromatic heterocycles. The molecular formula is C21H22N2O4. The Morgan fingerprint density at radius 3 is 2.56 bits per heavy atom. The minimum Gasteiger partial charge on any atom is -0.497 e. The number of rotatable bonds is 6. The summed E-state index contributed by atoms with van der Waals surface area (Å²) in [5, 5.41) is 13.4. The van der Waals surface area contributed by atoms with Crippen molar-refractivity contribution in [3.05, 3.63) is 70.6 Å². The highest BCUT2D eigenvalue weighted by atomic mass is 16.5. The Morgan fingerprint density at radius 1 is 1.15 bits per heavy atom. The number of aliphatic hydroxyl groups excluding tert-OH is 1. The van der Waals surface area contributed by atoms with E-state index in [1.165, 1.54) is 4.57 Å². The molecule has 6 heteroatoms. The van der Waals surface area contributed by atoms with Crippen LogP contribution in [-0.4, -0.2) is 29.3 Å². The maximum Gasteiger partial charge on any atom is 0.258 e. The second-order valence-electron chi connectivity index (χ2n) is 6.40. The number of carbonyl (C=O) groups excluding carboxylic acids is 1. The number of fused-ring (bicyclic) bond motifs is 1. The number of methoxy groups -OCH3 is 1. The van der Waals surface area contributed by atoms with Crippen LogP contribution < -0.4 is 15.6 Å². The van der Waals surface area contributed by atoms with E-state index in [9.17, 15) is 14.7 Å². The lowest BCUT2D eigenvalue weighted by Crippen LogP contribution is -2.25. The lowest BCUT2D eigenvalue weighted by molar-refractivity contribution is -0.115. The van der Waals surface area contributed by atoms with Crippen LogP contribution in [0, 0.1) is 0 Å². The minimum absolute atomic E-state index is 0.121. The fraction of sp³-hybridized carbons (Fsp3) is 0.238. The quantitative estimate of drug-likeness (QED) is 0.703. The molecule has 0 fully saturated rings. The number of pyridine rings is 1. The number of carbonyl (C=O) groups is 1. The summed E-state index contributed by atoms with van der Waals surface area (Å²) in [7, 11) is 1.59. The molecule has 0 spiro atoms. The van der Waals surface area contributed by atoms with Gasteiger partial charge in [-0.2, -0.15) is 0 Å². The highest BCUT2D eigenvalue weighted by Crippen LogP contribution is 2.22. The van der Waals surface area contributed by atoms with Crippen molar-refractivity contribution in [1.82, 2.24) is 4.57 Å². The normalized spacial score (nSPS) is 12.0. The maximum absolute atomic E-state index is 12.6. The Bertz CT molecular complexity index is 1010. The number of nitrogens with zero attached hydrogens (tertiary/aromatic N) is 1. The zero-order valence-corrected chi connectivity index (χ0v) is 15.3. The van der Waals surface area contributed by atoms with Crippen molar-refractivity contribution in [2.75, 3.05) is 19.0 Å². The van der Waals surface area contributed by atoms with E-state index < -0.39 is 0 Å². The van der Waals surface area contributed by atoms with Gasteiger partial charge in [-0.15, -0.1) is 0 Å². The van der Waals surface area contributed by atoms with Crippen LogP contribution in [0.4, 0.5) is 5.69 Å². The third-order valence-corrected chi connectivity index (χ3v) is 4.51. The van der Waals surface area contributed by atoms with E-state index in [0.29, 0.717) is 16.5 Å². The highest BCUT2D eigenvalue weighted by Gasteiger charge is 2.12. The largest absolute Gasteiger partial charge is 0.497 e. The second-order valence-corrected chi connectivity index (χ2v) is 6.40. The summed E-state index contributed by atoms with van der Waals surface area (Å²) in [6, 6.07) is 14.0. The topological polar surface area (TPSA) is 80.6 Å². The molecule has 0 bridgehead atoms. The first-order chi connectivity index (χ1) is 13.0. The molecule has 2 N–H and O–H groups in total. The van der Waals surface area contributed by atoms with Crippen LogP contribution in [0.3, 0.4) is 0 Å². The molecule has 1 heterocycles. The number of ether oxygens (including phenoxy) is 1. The molecule has 3 aromatic rings. The Kier molecular flexibility index (Phi) is 5.57. The molecule has 0 saturated heterocycles. The van der Waals surface area contributed by atoms with Crippen LogP contribution in [0.25, 0.3) is 10.8 Å². The molecule has 0 radical (unpaired) electrons. The zero-order valence-electron chi connectivity index (χ0n) is 15.3. The van der Waals surface area contributed by atoms with Gasteiger partial charge < -0.3 is 19.7 Å². The summed E-state index contributed by atoms with van der Waals surface area (Å²) in [5.74, 6) is 0.571. The number of aromatic nitrogens is 1. The van der Waals surface area contributed by atoms with Gasteiger partial charge in [0.25, 0.3) is 5.56 Å². The maximum atomic E-state index is 12.6. The number of hydrogen-bond donors (Lipinski definition) is 2. The fourth-order valence-corrected chi connectivity index (χ4v) is 2.96. The third kappa shape index (κ3) is 4.01. The lowest BCUT2D eigenvalue weighted by atomic mass is 10.1. The van der Waals surface area contributed by atoms with Crippen molar-refractivity contribution >= 4 is 22.4 Å². The van der Waals surface area contributed by atoms with E-state index in [-0.39, 0.29) is 30.5 Å². The zero-order chi connectivity index (χ0) is 19.4. The predicted octanol–water partition coefficient (Wildman–Crippen LogP) is 2.74. The van der Waals surface area contributed by atoms with Crippen LogP contribution in [0.1, 0.15) is 18.5 Å². The summed E-state index contributed by atoms with van der Waals surface area (Å²) in [4.78, 5) is 25.1. The highest BCUT2D eigenvalue weighted by molar-refractivity contribution is 6.02. The van der Waals surface area contributed by atoms with Gasteiger partial charge in [0.05, 0.1) is 26.2 Å². The van der Waals surface area contributed by atoms with Crippen LogP contribution in [0.15, 0.2) is 59.5 Å². The second kappa shape index (κ2) is 8.05. The number of amides is 1. The van der Waals surface area contributed by atoms with Gasteiger partial charge in [0.15, 0.2) is 0 Å². The molecule has 0 saturated carbocycles. The van der Waals surface area contributed by atoms with Crippen LogP contribution in [0.2, 0.25) is 0 Å². The van der Waals surface area contributed by atoms with E-state index in [2.05, 4.69) is 5.32 Å². The third-order valence-electron chi connectivity index (χ3n) is 4.51. The molecule has 0 aliphatic heterocycles. The predicted molar refractivity (Wildman–Crippen MR) is 105 cm³/mol. The first-order valence-electron chi connectivity index (χ1n) is 8.71.